The van der Waals surface area contributed by atoms with E-state index in [9.17, 15) is 22.3 Å². The average molecular weight is 509 g/mol. The molecule has 34 heavy (non-hydrogen) atoms. The van der Waals surface area contributed by atoms with Gasteiger partial charge in [0.1, 0.15) is 22.5 Å². The molecule has 0 aromatic heterocycles. The molecule has 5 rings (SSSR count). The van der Waals surface area contributed by atoms with Crippen molar-refractivity contribution < 1.29 is 31.8 Å². The Hall–Kier alpha value is -2.47. The van der Waals surface area contributed by atoms with Gasteiger partial charge in [-0.2, -0.15) is 10.6 Å². The van der Waals surface area contributed by atoms with Crippen LogP contribution in [0.4, 0.5) is 11.4 Å². The minimum Gasteiger partial charge on any atom is -0.495 e. The number of benzene rings is 2. The number of carbonyl (C=O) groups is 1. The Bertz CT molecular complexity index is 1230. The molecule has 3 aliphatic rings. The van der Waals surface area contributed by atoms with Gasteiger partial charge in [-0.3, -0.25) is 18.6 Å². The Labute approximate surface area is 200 Å². The molecule has 1 spiro atoms. The van der Waals surface area contributed by atoms with Gasteiger partial charge in [0.15, 0.2) is 0 Å². The summed E-state index contributed by atoms with van der Waals surface area (Å²) in [5, 5.41) is 2.95. The van der Waals surface area contributed by atoms with Crippen LogP contribution in [0.5, 0.6) is 11.5 Å². The number of hydrogen-bond donors (Lipinski definition) is 4. The van der Waals surface area contributed by atoms with Gasteiger partial charge in [0.05, 0.1) is 23.9 Å². The van der Waals surface area contributed by atoms with Crippen LogP contribution in [0.25, 0.3) is 0 Å². The number of methoxy groups -OCH3 is 1. The summed E-state index contributed by atoms with van der Waals surface area (Å²) in [5.41, 5.74) is 0.935. The Morgan fingerprint density at radius 2 is 1.82 bits per heavy atom. The van der Waals surface area contributed by atoms with Gasteiger partial charge < -0.3 is 14.8 Å². The molecule has 2 heterocycles. The number of anilines is 2. The van der Waals surface area contributed by atoms with Crippen molar-refractivity contribution in [3.63, 3.8) is 0 Å². The van der Waals surface area contributed by atoms with Crippen molar-refractivity contribution in [2.24, 2.45) is 0 Å². The normalized spacial score (nSPS) is 21.8. The molecule has 184 valence electrons. The fourth-order valence-corrected chi connectivity index (χ4v) is 7.59. The molecule has 1 saturated carbocycles. The zero-order valence-electron chi connectivity index (χ0n) is 18.7. The van der Waals surface area contributed by atoms with Crippen LogP contribution in [0.3, 0.4) is 0 Å². The number of sulfonamides is 1. The lowest BCUT2D eigenvalue weighted by Gasteiger charge is -2.39. The largest absolute Gasteiger partial charge is 0.495 e. The van der Waals surface area contributed by atoms with Crippen molar-refractivity contribution in [3.05, 3.63) is 42.0 Å². The molecule has 2 aromatic carbocycles. The van der Waals surface area contributed by atoms with Gasteiger partial charge in [0, 0.05) is 30.4 Å². The summed E-state index contributed by atoms with van der Waals surface area (Å²) in [6.07, 6.45) is 2.97. The molecule has 0 bridgehead atoms. The monoisotopic (exact) mass is 508 g/mol. The van der Waals surface area contributed by atoms with E-state index in [2.05, 4.69) is 10.0 Å². The lowest BCUT2D eigenvalue weighted by atomic mass is 9.65. The number of fused-ring (bicyclic) bond motifs is 2. The molecule has 2 aromatic rings. The summed E-state index contributed by atoms with van der Waals surface area (Å²) in [6, 6.07) is 9.64. The van der Waals surface area contributed by atoms with Gasteiger partial charge in [-0.1, -0.05) is 18.6 Å². The quantitative estimate of drug-likeness (QED) is 0.460. The van der Waals surface area contributed by atoms with Gasteiger partial charge in [0.2, 0.25) is 5.91 Å². The summed E-state index contributed by atoms with van der Waals surface area (Å²) in [6.45, 7) is 0. The number of carbonyl (C=O) groups excluding carboxylic acids is 1. The standard InChI is InChI=1S/C23H28N2O7S2/c1-31-18-5-2-3-6-20(18)34(29,30)25-15-13-17-21(24-22(26)23(17)9-4-10-23)19(14-15)32-16-7-11-33(27,28)12-8-16/h2-3,5-6,13-14,16,25,27-28H,4,7-12H2,1H3,(H,24,26). The maximum atomic E-state index is 13.2. The zero-order chi connectivity index (χ0) is 24.1. The number of rotatable bonds is 6. The Morgan fingerprint density at radius 3 is 2.47 bits per heavy atom. The SMILES string of the molecule is COc1ccccc1S(=O)(=O)Nc1cc(OC2CCS(O)(O)CC2)c2c(c1)C1(CCC1)C(=O)N2. The van der Waals surface area contributed by atoms with E-state index in [4.69, 9.17) is 9.47 Å². The average Bonchev–Trinajstić information content (AvgIpc) is 3.07. The van der Waals surface area contributed by atoms with Crippen LogP contribution in [-0.2, 0) is 20.2 Å². The van der Waals surface area contributed by atoms with Crippen LogP contribution >= 0.6 is 10.6 Å². The van der Waals surface area contributed by atoms with Gasteiger partial charge >= 0.3 is 0 Å². The van der Waals surface area contributed by atoms with E-state index in [0.717, 1.165) is 12.0 Å². The second-order valence-corrected chi connectivity index (χ2v) is 13.1. The highest BCUT2D eigenvalue weighted by Crippen LogP contribution is 2.55. The number of para-hydroxylation sites is 1. The van der Waals surface area contributed by atoms with Gasteiger partial charge in [-0.25, -0.2) is 8.42 Å². The molecule has 1 aliphatic carbocycles. The molecule has 4 N–H and O–H groups in total. The number of nitrogens with one attached hydrogen (secondary N) is 2. The van der Waals surface area contributed by atoms with Crippen LogP contribution < -0.4 is 19.5 Å². The number of hydrogen-bond acceptors (Lipinski definition) is 7. The Balaban J connectivity index is 1.51. The Kier molecular flexibility index (Phi) is 5.70. The van der Waals surface area contributed by atoms with Gasteiger partial charge in [-0.05, 0) is 36.6 Å². The lowest BCUT2D eigenvalue weighted by molar-refractivity contribution is -0.123. The highest BCUT2D eigenvalue weighted by molar-refractivity contribution is 8.24. The van der Waals surface area contributed by atoms with Crippen LogP contribution in [0.1, 0.15) is 37.7 Å². The van der Waals surface area contributed by atoms with Crippen molar-refractivity contribution in [3.8, 4) is 11.5 Å². The first kappa shape index (κ1) is 23.3. The maximum Gasteiger partial charge on any atom is 0.265 e. The molecule has 1 amide bonds. The van der Waals surface area contributed by atoms with Crippen molar-refractivity contribution in [2.45, 2.75) is 48.5 Å². The minimum atomic E-state index is -3.98. The summed E-state index contributed by atoms with van der Waals surface area (Å²) >= 11 is 0. The molecule has 1 saturated heterocycles. The number of amides is 1. The second kappa shape index (κ2) is 8.33. The third-order valence-corrected chi connectivity index (χ3v) is 10.1. The predicted octanol–water partition coefficient (Wildman–Crippen LogP) is 4.16. The van der Waals surface area contributed by atoms with Crippen LogP contribution in [0.2, 0.25) is 0 Å². The smallest absolute Gasteiger partial charge is 0.265 e. The minimum absolute atomic E-state index is 0.00510. The predicted molar refractivity (Wildman–Crippen MR) is 131 cm³/mol. The summed E-state index contributed by atoms with van der Waals surface area (Å²) in [7, 11) is -5.13. The van der Waals surface area contributed by atoms with Crippen LogP contribution in [0, 0.1) is 0 Å². The van der Waals surface area contributed by atoms with Gasteiger partial charge in [0.25, 0.3) is 10.0 Å². The molecule has 2 fully saturated rings. The molecular weight excluding hydrogens is 480 g/mol. The van der Waals surface area contributed by atoms with E-state index in [1.807, 2.05) is 0 Å². The first-order valence-corrected chi connectivity index (χ1v) is 14.6. The molecule has 2 aliphatic heterocycles. The number of ether oxygens (including phenoxy) is 2. The van der Waals surface area contributed by atoms with Crippen molar-refractivity contribution >= 4 is 37.9 Å². The molecule has 0 atom stereocenters. The zero-order valence-corrected chi connectivity index (χ0v) is 20.4. The van der Waals surface area contributed by atoms with E-state index in [1.165, 1.54) is 13.2 Å². The van der Waals surface area contributed by atoms with Gasteiger partial charge in [-0.15, -0.1) is 0 Å². The van der Waals surface area contributed by atoms with Crippen LogP contribution in [0.15, 0.2) is 41.3 Å². The maximum absolute atomic E-state index is 13.2. The van der Waals surface area contributed by atoms with E-state index in [1.54, 1.807) is 30.3 Å². The van der Waals surface area contributed by atoms with Crippen molar-refractivity contribution in [2.75, 3.05) is 28.7 Å². The van der Waals surface area contributed by atoms with E-state index >= 15 is 0 Å². The van der Waals surface area contributed by atoms with Crippen molar-refractivity contribution in [1.82, 2.24) is 0 Å². The third kappa shape index (κ3) is 4.00. The summed E-state index contributed by atoms with van der Waals surface area (Å²) in [4.78, 5) is 12.9. The van der Waals surface area contributed by atoms with Crippen molar-refractivity contribution in [1.29, 1.82) is 0 Å². The summed E-state index contributed by atoms with van der Waals surface area (Å²) < 4.78 is 60.3. The van der Waals surface area contributed by atoms with E-state index < -0.39 is 26.0 Å². The summed E-state index contributed by atoms with van der Waals surface area (Å²) in [5.74, 6) is 1.03. The topological polar surface area (TPSA) is 134 Å². The fourth-order valence-electron chi connectivity index (χ4n) is 4.89. The first-order chi connectivity index (χ1) is 16.1. The molecule has 11 heteroatoms. The highest BCUT2D eigenvalue weighted by atomic mass is 32.3. The molecule has 0 unspecified atom stereocenters. The first-order valence-electron chi connectivity index (χ1n) is 11.2. The highest BCUT2D eigenvalue weighted by Gasteiger charge is 2.52. The van der Waals surface area contributed by atoms with Crippen LogP contribution in [-0.4, -0.2) is 48.1 Å². The molecule has 9 nitrogen and oxygen atoms in total. The lowest BCUT2D eigenvalue weighted by Crippen LogP contribution is -2.40. The van der Waals surface area contributed by atoms with E-state index in [-0.39, 0.29) is 34.2 Å². The second-order valence-electron chi connectivity index (χ2n) is 9.07. The van der Waals surface area contributed by atoms with E-state index in [0.29, 0.717) is 42.8 Å². The molecular formula is C23H28N2O7S2. The fraction of sp³-hybridized carbons (Fsp3) is 0.435. The third-order valence-electron chi connectivity index (χ3n) is 6.94. The molecule has 0 radical (unpaired) electrons. The Morgan fingerprint density at radius 1 is 1.12 bits per heavy atom.